The lowest BCUT2D eigenvalue weighted by Crippen LogP contribution is -2.16. The van der Waals surface area contributed by atoms with E-state index in [4.69, 9.17) is 4.74 Å². The minimum Gasteiger partial charge on any atom is -0.497 e. The zero-order valence-electron chi connectivity index (χ0n) is 14.7. The number of hydrogen-bond acceptors (Lipinski definition) is 5. The molecule has 128 valence electrons. The van der Waals surface area contributed by atoms with Crippen molar-refractivity contribution in [3.05, 3.63) is 53.6 Å². The number of fused-ring (bicyclic) bond motifs is 1. The number of methoxy groups -OCH3 is 1. The Kier molecular flexibility index (Phi) is 4.61. The minimum atomic E-state index is -0.300. The zero-order valence-corrected chi connectivity index (χ0v) is 14.7. The number of pyridine rings is 1. The van der Waals surface area contributed by atoms with E-state index in [-0.39, 0.29) is 11.8 Å². The van der Waals surface area contributed by atoms with E-state index in [0.29, 0.717) is 17.3 Å². The number of carbonyl (C=O) groups is 1. The van der Waals surface area contributed by atoms with Gasteiger partial charge >= 0.3 is 0 Å². The van der Waals surface area contributed by atoms with Gasteiger partial charge < -0.3 is 10.1 Å². The average Bonchev–Trinajstić information content (AvgIpc) is 2.60. The third-order valence-electron chi connectivity index (χ3n) is 3.76. The van der Waals surface area contributed by atoms with Gasteiger partial charge in [0.15, 0.2) is 0 Å². The summed E-state index contributed by atoms with van der Waals surface area (Å²) in [4.78, 5) is 25.7. The highest BCUT2D eigenvalue weighted by molar-refractivity contribution is 6.03. The Morgan fingerprint density at radius 1 is 1.08 bits per heavy atom. The normalized spacial score (nSPS) is 10.9. The number of amides is 1. The fourth-order valence-electron chi connectivity index (χ4n) is 2.45. The molecule has 1 amide bonds. The molecule has 2 aromatic heterocycles. The summed E-state index contributed by atoms with van der Waals surface area (Å²) in [5, 5.41) is 3.72. The molecule has 2 heterocycles. The fourth-order valence-corrected chi connectivity index (χ4v) is 2.45. The number of rotatable bonds is 4. The first-order valence-corrected chi connectivity index (χ1v) is 8.08. The average molecular weight is 336 g/mol. The number of anilines is 1. The molecule has 0 saturated carbocycles. The molecule has 0 aliphatic heterocycles. The maximum Gasteiger partial charge on any atom is 0.275 e. The van der Waals surface area contributed by atoms with Crippen LogP contribution in [0.3, 0.4) is 0 Å². The van der Waals surface area contributed by atoms with E-state index in [9.17, 15) is 4.79 Å². The second-order valence-electron chi connectivity index (χ2n) is 6.12. The molecular weight excluding hydrogens is 316 g/mol. The third kappa shape index (κ3) is 3.74. The van der Waals surface area contributed by atoms with Crippen LogP contribution in [-0.2, 0) is 0 Å². The lowest BCUT2D eigenvalue weighted by atomic mass is 10.2. The van der Waals surface area contributed by atoms with Crippen molar-refractivity contribution in [1.29, 1.82) is 0 Å². The van der Waals surface area contributed by atoms with Crippen molar-refractivity contribution in [2.24, 2.45) is 0 Å². The minimum absolute atomic E-state index is 0.185. The van der Waals surface area contributed by atoms with E-state index in [1.807, 2.05) is 45.0 Å². The third-order valence-corrected chi connectivity index (χ3v) is 3.76. The maximum absolute atomic E-state index is 12.5. The number of aromatic nitrogens is 3. The topological polar surface area (TPSA) is 77.0 Å². The van der Waals surface area contributed by atoms with Crippen molar-refractivity contribution < 1.29 is 9.53 Å². The van der Waals surface area contributed by atoms with Crippen LogP contribution in [-0.4, -0.2) is 28.0 Å². The second-order valence-corrected chi connectivity index (χ2v) is 6.12. The van der Waals surface area contributed by atoms with E-state index < -0.39 is 0 Å². The number of benzene rings is 1. The molecule has 6 nitrogen and oxygen atoms in total. The molecule has 1 N–H and O–H groups in total. The predicted octanol–water partition coefficient (Wildman–Crippen LogP) is 3.72. The zero-order chi connectivity index (χ0) is 18.0. The van der Waals surface area contributed by atoms with Crippen LogP contribution < -0.4 is 10.1 Å². The largest absolute Gasteiger partial charge is 0.497 e. The Hall–Kier alpha value is -3.02. The van der Waals surface area contributed by atoms with Crippen LogP contribution in [0.1, 0.15) is 41.8 Å². The molecule has 3 aromatic rings. The SMILES string of the molecule is COc1ccc2nc(C(=O)Nc3cc(C)nc(C(C)C)n3)ccc2c1. The first-order valence-electron chi connectivity index (χ1n) is 8.08. The van der Waals surface area contributed by atoms with Crippen molar-refractivity contribution in [2.45, 2.75) is 26.7 Å². The van der Waals surface area contributed by atoms with E-state index in [1.54, 1.807) is 19.2 Å². The van der Waals surface area contributed by atoms with Gasteiger partial charge in [0, 0.05) is 23.1 Å². The number of nitrogens with one attached hydrogen (secondary N) is 1. The van der Waals surface area contributed by atoms with Gasteiger partial charge in [-0.2, -0.15) is 0 Å². The van der Waals surface area contributed by atoms with Gasteiger partial charge in [0.2, 0.25) is 0 Å². The summed E-state index contributed by atoms with van der Waals surface area (Å²) in [7, 11) is 1.62. The van der Waals surface area contributed by atoms with Crippen LogP contribution >= 0.6 is 0 Å². The van der Waals surface area contributed by atoms with Gasteiger partial charge in [-0.05, 0) is 31.2 Å². The highest BCUT2D eigenvalue weighted by atomic mass is 16.5. The van der Waals surface area contributed by atoms with Gasteiger partial charge in [-0.25, -0.2) is 15.0 Å². The molecule has 1 aromatic carbocycles. The molecule has 0 unspecified atom stereocenters. The lowest BCUT2D eigenvalue weighted by Gasteiger charge is -2.09. The van der Waals surface area contributed by atoms with Crippen LogP contribution in [0, 0.1) is 6.92 Å². The van der Waals surface area contributed by atoms with Crippen molar-refractivity contribution in [3.8, 4) is 5.75 Å². The molecule has 0 fully saturated rings. The van der Waals surface area contributed by atoms with Gasteiger partial charge in [0.1, 0.15) is 23.1 Å². The van der Waals surface area contributed by atoms with Crippen LogP contribution in [0.15, 0.2) is 36.4 Å². The summed E-state index contributed by atoms with van der Waals surface area (Å²) in [5.74, 6) is 1.82. The Balaban J connectivity index is 1.87. The number of hydrogen-bond donors (Lipinski definition) is 1. The van der Waals surface area contributed by atoms with Crippen molar-refractivity contribution in [2.75, 3.05) is 12.4 Å². The second kappa shape index (κ2) is 6.84. The van der Waals surface area contributed by atoms with Gasteiger partial charge in [0.25, 0.3) is 5.91 Å². The molecule has 0 aliphatic carbocycles. The molecule has 3 rings (SSSR count). The number of aryl methyl sites for hydroxylation is 1. The molecule has 0 radical (unpaired) electrons. The molecule has 0 atom stereocenters. The highest BCUT2D eigenvalue weighted by Crippen LogP contribution is 2.20. The van der Waals surface area contributed by atoms with Crippen LogP contribution in [0.4, 0.5) is 5.82 Å². The Morgan fingerprint density at radius 3 is 2.60 bits per heavy atom. The first kappa shape index (κ1) is 16.8. The number of ether oxygens (including phenoxy) is 1. The van der Waals surface area contributed by atoms with Crippen LogP contribution in [0.25, 0.3) is 10.9 Å². The standard InChI is InChI=1S/C19H20N4O2/c1-11(2)18-20-12(3)9-17(22-18)23-19(24)16-7-5-13-10-14(25-4)6-8-15(13)21-16/h5-11H,1-4H3,(H,20,22,23,24). The molecular formula is C19H20N4O2. The molecule has 0 bridgehead atoms. The molecule has 25 heavy (non-hydrogen) atoms. The smallest absolute Gasteiger partial charge is 0.275 e. The van der Waals surface area contributed by atoms with Crippen molar-refractivity contribution >= 4 is 22.6 Å². The van der Waals surface area contributed by atoms with Crippen molar-refractivity contribution in [3.63, 3.8) is 0 Å². The maximum atomic E-state index is 12.5. The summed E-state index contributed by atoms with van der Waals surface area (Å²) in [6, 6.07) is 10.8. The quantitative estimate of drug-likeness (QED) is 0.786. The van der Waals surface area contributed by atoms with Gasteiger partial charge in [-0.1, -0.05) is 19.9 Å². The fraction of sp³-hybridized carbons (Fsp3) is 0.263. The molecule has 6 heteroatoms. The van der Waals surface area contributed by atoms with E-state index in [1.165, 1.54) is 0 Å². The van der Waals surface area contributed by atoms with Crippen LogP contribution in [0.5, 0.6) is 5.75 Å². The summed E-state index contributed by atoms with van der Waals surface area (Å²) >= 11 is 0. The van der Waals surface area contributed by atoms with Crippen LogP contribution in [0.2, 0.25) is 0 Å². The lowest BCUT2D eigenvalue weighted by molar-refractivity contribution is 0.102. The summed E-state index contributed by atoms with van der Waals surface area (Å²) in [6.45, 7) is 5.91. The summed E-state index contributed by atoms with van der Waals surface area (Å²) in [5.41, 5.74) is 1.88. The van der Waals surface area contributed by atoms with Gasteiger partial charge in [-0.15, -0.1) is 0 Å². The van der Waals surface area contributed by atoms with E-state index in [0.717, 1.165) is 22.3 Å². The Labute approximate surface area is 146 Å². The Bertz CT molecular complexity index is 938. The molecule has 0 aliphatic rings. The molecule has 0 spiro atoms. The Morgan fingerprint density at radius 2 is 1.88 bits per heavy atom. The highest BCUT2D eigenvalue weighted by Gasteiger charge is 2.12. The predicted molar refractivity (Wildman–Crippen MR) is 97.1 cm³/mol. The van der Waals surface area contributed by atoms with Gasteiger partial charge in [-0.3, -0.25) is 4.79 Å². The van der Waals surface area contributed by atoms with Gasteiger partial charge in [0.05, 0.1) is 12.6 Å². The monoisotopic (exact) mass is 336 g/mol. The number of carbonyl (C=O) groups excluding carboxylic acids is 1. The molecule has 0 saturated heterocycles. The first-order chi connectivity index (χ1) is 12.0. The van der Waals surface area contributed by atoms with Crippen molar-refractivity contribution in [1.82, 2.24) is 15.0 Å². The van der Waals surface area contributed by atoms with E-state index in [2.05, 4.69) is 20.3 Å². The van der Waals surface area contributed by atoms with E-state index >= 15 is 0 Å². The number of nitrogens with zero attached hydrogens (tertiary/aromatic N) is 3. The summed E-state index contributed by atoms with van der Waals surface area (Å²) < 4.78 is 5.20. The summed E-state index contributed by atoms with van der Waals surface area (Å²) in [6.07, 6.45) is 0.